The Bertz CT molecular complexity index is 1410. The molecule has 1 aliphatic rings. The number of anilines is 1. The average molecular weight is 490 g/mol. The predicted molar refractivity (Wildman–Crippen MR) is 118 cm³/mol. The molecule has 0 saturated carbocycles. The minimum atomic E-state index is -5.14. The Kier molecular flexibility index (Phi) is 5.59. The van der Waals surface area contributed by atoms with Gasteiger partial charge in [0.1, 0.15) is 17.6 Å². The second-order valence-corrected chi connectivity index (χ2v) is 8.19. The minimum absolute atomic E-state index is 0.164. The lowest BCUT2D eigenvalue weighted by molar-refractivity contribution is -0.140. The second kappa shape index (κ2) is 8.49. The lowest BCUT2D eigenvalue weighted by Gasteiger charge is -2.34. The van der Waals surface area contributed by atoms with Crippen molar-refractivity contribution in [2.24, 2.45) is 0 Å². The maximum atomic E-state index is 14.7. The molecule has 0 spiro atoms. The number of morpholine rings is 1. The zero-order valence-corrected chi connectivity index (χ0v) is 18.4. The first-order valence-electron chi connectivity index (χ1n) is 10.7. The third kappa shape index (κ3) is 4.05. The third-order valence-electron chi connectivity index (χ3n) is 5.99. The van der Waals surface area contributed by atoms with Crippen LogP contribution < -0.4 is 4.90 Å². The Labute approximate surface area is 196 Å². The van der Waals surface area contributed by atoms with Crippen LogP contribution in [-0.2, 0) is 10.9 Å². The number of aromatic hydroxyl groups is 1. The molecule has 6 nitrogen and oxygen atoms in total. The lowest BCUT2D eigenvalue weighted by Crippen LogP contribution is -2.38. The number of phenolic OH excluding ortho intramolecular Hbond substituents is 1. The first-order chi connectivity index (χ1) is 16.6. The van der Waals surface area contributed by atoms with E-state index < -0.39 is 34.8 Å². The molecule has 2 aromatic carbocycles. The second-order valence-electron chi connectivity index (χ2n) is 8.19. The molecule has 0 radical (unpaired) electrons. The minimum Gasteiger partial charge on any atom is -0.503 e. The summed E-state index contributed by atoms with van der Waals surface area (Å²) in [6, 6.07) is 11.7. The SMILES string of the molecule is Cc1nn(-c2cc(C(F)(F)F)c(F)c(O)c2F)c2cnc(N3CCO[C@H](c4ccccc4)C3)cc12. The van der Waals surface area contributed by atoms with Crippen LogP contribution in [0.2, 0.25) is 0 Å². The molecule has 0 bridgehead atoms. The molecule has 1 N–H and O–H groups in total. The van der Waals surface area contributed by atoms with E-state index in [2.05, 4.69) is 10.1 Å². The Hall–Kier alpha value is -3.73. The van der Waals surface area contributed by atoms with Crippen molar-refractivity contribution in [3.8, 4) is 11.4 Å². The summed E-state index contributed by atoms with van der Waals surface area (Å²) in [6.45, 7) is 3.19. The first kappa shape index (κ1) is 23.0. The summed E-state index contributed by atoms with van der Waals surface area (Å²) in [5.41, 5.74) is -0.906. The number of aryl methyl sites for hydroxylation is 1. The molecule has 182 valence electrons. The smallest absolute Gasteiger partial charge is 0.419 e. The molecule has 0 unspecified atom stereocenters. The van der Waals surface area contributed by atoms with Crippen LogP contribution in [0.25, 0.3) is 16.6 Å². The van der Waals surface area contributed by atoms with Crippen molar-refractivity contribution < 1.29 is 31.8 Å². The van der Waals surface area contributed by atoms with E-state index >= 15 is 0 Å². The fraction of sp³-hybridized carbons (Fsp3) is 0.250. The maximum Gasteiger partial charge on any atom is 0.419 e. The average Bonchev–Trinajstić information content (AvgIpc) is 3.18. The number of fused-ring (bicyclic) bond motifs is 1. The van der Waals surface area contributed by atoms with Gasteiger partial charge in [0.05, 0.1) is 29.6 Å². The molecule has 4 aromatic rings. The van der Waals surface area contributed by atoms with Crippen molar-refractivity contribution in [1.29, 1.82) is 0 Å². The zero-order valence-electron chi connectivity index (χ0n) is 18.4. The Morgan fingerprint density at radius 3 is 2.54 bits per heavy atom. The number of halogens is 5. The standard InChI is InChI=1S/C24H19F5N4O2/c1-13-15-9-20(32-7-8-35-19(12-32)14-5-3-2-4-6-14)30-11-18(15)33(31-13)17-10-16(24(27,28)29)21(25)23(34)22(17)26/h2-6,9-11,19,34H,7-8,12H2,1H3/t19-/m0/s1. The molecule has 2 aromatic heterocycles. The number of hydrogen-bond donors (Lipinski definition) is 1. The van der Waals surface area contributed by atoms with Gasteiger partial charge in [-0.25, -0.2) is 18.4 Å². The summed E-state index contributed by atoms with van der Waals surface area (Å²) < 4.78 is 75.1. The summed E-state index contributed by atoms with van der Waals surface area (Å²) in [4.78, 5) is 6.44. The molecule has 0 aliphatic carbocycles. The van der Waals surface area contributed by atoms with Crippen LogP contribution in [0.1, 0.15) is 22.9 Å². The van der Waals surface area contributed by atoms with E-state index in [1.165, 1.54) is 6.20 Å². The number of benzene rings is 2. The quantitative estimate of drug-likeness (QED) is 0.395. The van der Waals surface area contributed by atoms with Crippen LogP contribution in [-0.4, -0.2) is 39.6 Å². The van der Waals surface area contributed by atoms with E-state index in [-0.39, 0.29) is 17.7 Å². The first-order valence-corrected chi connectivity index (χ1v) is 10.7. The highest BCUT2D eigenvalue weighted by Gasteiger charge is 2.38. The van der Waals surface area contributed by atoms with E-state index in [1.807, 2.05) is 35.2 Å². The molecule has 1 saturated heterocycles. The molecule has 5 rings (SSSR count). The molecule has 11 heteroatoms. The number of phenols is 1. The third-order valence-corrected chi connectivity index (χ3v) is 5.99. The molecular weight excluding hydrogens is 471 g/mol. The van der Waals surface area contributed by atoms with Crippen LogP contribution in [0, 0.1) is 18.6 Å². The van der Waals surface area contributed by atoms with Gasteiger partial charge in [-0.05, 0) is 24.6 Å². The van der Waals surface area contributed by atoms with Gasteiger partial charge in [0.25, 0.3) is 0 Å². The number of nitrogens with zero attached hydrogens (tertiary/aromatic N) is 4. The molecule has 0 amide bonds. The summed E-state index contributed by atoms with van der Waals surface area (Å²) in [5.74, 6) is -4.75. The van der Waals surface area contributed by atoms with Gasteiger partial charge < -0.3 is 14.7 Å². The highest BCUT2D eigenvalue weighted by Crippen LogP contribution is 2.39. The van der Waals surface area contributed by atoms with Gasteiger partial charge in [0.15, 0.2) is 17.4 Å². The Balaban J connectivity index is 1.54. The van der Waals surface area contributed by atoms with Gasteiger partial charge in [0, 0.05) is 18.5 Å². The largest absolute Gasteiger partial charge is 0.503 e. The lowest BCUT2D eigenvalue weighted by atomic mass is 10.1. The van der Waals surface area contributed by atoms with Crippen molar-refractivity contribution in [3.63, 3.8) is 0 Å². The summed E-state index contributed by atoms with van der Waals surface area (Å²) >= 11 is 0. The number of hydrogen-bond acceptors (Lipinski definition) is 5. The highest BCUT2D eigenvalue weighted by molar-refractivity contribution is 5.85. The van der Waals surface area contributed by atoms with Crippen LogP contribution in [0.4, 0.5) is 27.8 Å². The van der Waals surface area contributed by atoms with Gasteiger partial charge >= 0.3 is 6.18 Å². The fourth-order valence-electron chi connectivity index (χ4n) is 4.21. The summed E-state index contributed by atoms with van der Waals surface area (Å²) in [6.07, 6.45) is -3.94. The van der Waals surface area contributed by atoms with E-state index in [1.54, 1.807) is 13.0 Å². The van der Waals surface area contributed by atoms with E-state index in [0.29, 0.717) is 36.6 Å². The van der Waals surface area contributed by atoms with Gasteiger partial charge in [-0.3, -0.25) is 0 Å². The van der Waals surface area contributed by atoms with Gasteiger partial charge in [-0.1, -0.05) is 30.3 Å². The van der Waals surface area contributed by atoms with E-state index in [9.17, 15) is 27.1 Å². The van der Waals surface area contributed by atoms with Crippen LogP contribution in [0.5, 0.6) is 5.75 Å². The van der Waals surface area contributed by atoms with Gasteiger partial charge in [-0.2, -0.15) is 18.3 Å². The maximum absolute atomic E-state index is 14.7. The van der Waals surface area contributed by atoms with E-state index in [4.69, 9.17) is 4.74 Å². The normalized spacial score (nSPS) is 16.7. The number of ether oxygens (including phenoxy) is 1. The molecule has 35 heavy (non-hydrogen) atoms. The summed E-state index contributed by atoms with van der Waals surface area (Å²) in [5, 5.41) is 14.4. The molecular formula is C24H19F5N4O2. The topological polar surface area (TPSA) is 63.4 Å². The molecule has 1 fully saturated rings. The van der Waals surface area contributed by atoms with Gasteiger partial charge in [-0.15, -0.1) is 0 Å². The van der Waals surface area contributed by atoms with Crippen molar-refractivity contribution >= 4 is 16.7 Å². The van der Waals surface area contributed by atoms with Crippen molar-refractivity contribution in [2.75, 3.05) is 24.6 Å². The van der Waals surface area contributed by atoms with Gasteiger partial charge in [0.2, 0.25) is 0 Å². The van der Waals surface area contributed by atoms with Crippen LogP contribution >= 0.6 is 0 Å². The number of rotatable bonds is 3. The fourth-order valence-corrected chi connectivity index (χ4v) is 4.21. The molecule has 1 atom stereocenters. The van der Waals surface area contributed by atoms with Crippen LogP contribution in [0.3, 0.4) is 0 Å². The predicted octanol–water partition coefficient (Wildman–Crippen LogP) is 5.31. The number of pyridine rings is 1. The Morgan fingerprint density at radius 1 is 1.09 bits per heavy atom. The zero-order chi connectivity index (χ0) is 24.9. The molecule has 3 heterocycles. The number of alkyl halides is 3. The summed E-state index contributed by atoms with van der Waals surface area (Å²) in [7, 11) is 0. The van der Waals surface area contributed by atoms with Crippen LogP contribution in [0.15, 0.2) is 48.7 Å². The number of aromatic nitrogens is 3. The Morgan fingerprint density at radius 2 is 1.83 bits per heavy atom. The van der Waals surface area contributed by atoms with Crippen molar-refractivity contribution in [3.05, 3.63) is 77.1 Å². The monoisotopic (exact) mass is 490 g/mol. The highest BCUT2D eigenvalue weighted by atomic mass is 19.4. The van der Waals surface area contributed by atoms with Crippen molar-refractivity contribution in [1.82, 2.24) is 14.8 Å². The van der Waals surface area contributed by atoms with Crippen molar-refractivity contribution in [2.45, 2.75) is 19.2 Å². The van der Waals surface area contributed by atoms with E-state index in [0.717, 1.165) is 10.2 Å². The molecule has 1 aliphatic heterocycles.